The standard InChI is InChI=1S/C24H31BrN2O3S/c1-3-5-7-8-15-29-20-11-9-10-19(17-20)26-24(31)27-23(28)18-12-13-22(21(25)16-18)30-14-6-4-2/h9-13,16-17H,3-8,14-15H2,1-2H3,(H2,26,27,28,31). The second kappa shape index (κ2) is 14.0. The van der Waals surface area contributed by atoms with Gasteiger partial charge in [0.25, 0.3) is 5.91 Å². The van der Waals surface area contributed by atoms with Crippen molar-refractivity contribution in [2.75, 3.05) is 18.5 Å². The maximum atomic E-state index is 12.5. The van der Waals surface area contributed by atoms with E-state index >= 15 is 0 Å². The second-order valence-electron chi connectivity index (χ2n) is 7.19. The lowest BCUT2D eigenvalue weighted by Gasteiger charge is -2.12. The molecule has 0 heterocycles. The van der Waals surface area contributed by atoms with Gasteiger partial charge < -0.3 is 14.8 Å². The van der Waals surface area contributed by atoms with E-state index in [2.05, 4.69) is 40.4 Å². The molecule has 0 aliphatic rings. The third-order valence-electron chi connectivity index (χ3n) is 4.54. The van der Waals surface area contributed by atoms with E-state index < -0.39 is 0 Å². The van der Waals surface area contributed by atoms with Crippen molar-refractivity contribution >= 4 is 44.9 Å². The molecule has 2 aromatic rings. The van der Waals surface area contributed by atoms with Crippen molar-refractivity contribution in [3.63, 3.8) is 0 Å². The highest BCUT2D eigenvalue weighted by atomic mass is 79.9. The normalized spacial score (nSPS) is 10.4. The van der Waals surface area contributed by atoms with Crippen LogP contribution in [0, 0.1) is 0 Å². The van der Waals surface area contributed by atoms with Crippen LogP contribution < -0.4 is 20.1 Å². The smallest absolute Gasteiger partial charge is 0.257 e. The van der Waals surface area contributed by atoms with E-state index in [0.29, 0.717) is 18.8 Å². The summed E-state index contributed by atoms with van der Waals surface area (Å²) < 4.78 is 12.2. The summed E-state index contributed by atoms with van der Waals surface area (Å²) >= 11 is 8.76. The molecule has 7 heteroatoms. The number of ether oxygens (including phenoxy) is 2. The lowest BCUT2D eigenvalue weighted by molar-refractivity contribution is 0.0977. The first-order valence-electron chi connectivity index (χ1n) is 10.8. The number of benzene rings is 2. The lowest BCUT2D eigenvalue weighted by Crippen LogP contribution is -2.34. The van der Waals surface area contributed by atoms with Crippen LogP contribution in [0.1, 0.15) is 62.7 Å². The van der Waals surface area contributed by atoms with Crippen molar-refractivity contribution in [3.05, 3.63) is 52.5 Å². The van der Waals surface area contributed by atoms with Gasteiger partial charge in [0.2, 0.25) is 0 Å². The summed E-state index contributed by atoms with van der Waals surface area (Å²) in [6.45, 7) is 5.64. The summed E-state index contributed by atoms with van der Waals surface area (Å²) in [5, 5.41) is 5.97. The van der Waals surface area contributed by atoms with Gasteiger partial charge in [-0.2, -0.15) is 0 Å². The Kier molecular flexibility index (Phi) is 11.4. The number of hydrogen-bond donors (Lipinski definition) is 2. The van der Waals surface area contributed by atoms with Crippen molar-refractivity contribution in [1.82, 2.24) is 5.32 Å². The summed E-state index contributed by atoms with van der Waals surface area (Å²) in [6, 6.07) is 12.8. The number of carbonyl (C=O) groups is 1. The van der Waals surface area contributed by atoms with Crippen LogP contribution in [0.4, 0.5) is 5.69 Å². The molecule has 2 N–H and O–H groups in total. The third kappa shape index (κ3) is 9.27. The van der Waals surface area contributed by atoms with Crippen LogP contribution in [0.2, 0.25) is 0 Å². The minimum absolute atomic E-state index is 0.226. The largest absolute Gasteiger partial charge is 0.494 e. The zero-order chi connectivity index (χ0) is 22.5. The Morgan fingerprint density at radius 3 is 2.48 bits per heavy atom. The van der Waals surface area contributed by atoms with E-state index in [-0.39, 0.29) is 11.0 Å². The number of unbranched alkanes of at least 4 members (excludes halogenated alkanes) is 4. The second-order valence-corrected chi connectivity index (χ2v) is 8.46. The van der Waals surface area contributed by atoms with Gasteiger partial charge in [0, 0.05) is 17.3 Å². The number of anilines is 1. The summed E-state index contributed by atoms with van der Waals surface area (Å²) in [6.07, 6.45) is 6.70. The molecule has 31 heavy (non-hydrogen) atoms. The molecule has 0 radical (unpaired) electrons. The van der Waals surface area contributed by atoms with Crippen molar-refractivity contribution in [1.29, 1.82) is 0 Å². The Morgan fingerprint density at radius 2 is 1.74 bits per heavy atom. The topological polar surface area (TPSA) is 59.6 Å². The van der Waals surface area contributed by atoms with Gasteiger partial charge >= 0.3 is 0 Å². The first-order valence-corrected chi connectivity index (χ1v) is 12.0. The van der Waals surface area contributed by atoms with Crippen LogP contribution >= 0.6 is 28.1 Å². The van der Waals surface area contributed by atoms with Crippen molar-refractivity contribution in [2.45, 2.75) is 52.4 Å². The molecule has 2 aromatic carbocycles. The van der Waals surface area contributed by atoms with Crippen LogP contribution in [0.15, 0.2) is 46.9 Å². The van der Waals surface area contributed by atoms with Gasteiger partial charge in [0.1, 0.15) is 11.5 Å². The van der Waals surface area contributed by atoms with E-state index in [0.717, 1.165) is 40.9 Å². The Labute approximate surface area is 199 Å². The number of nitrogens with one attached hydrogen (secondary N) is 2. The zero-order valence-electron chi connectivity index (χ0n) is 18.2. The Bertz CT molecular complexity index is 860. The molecule has 1 amide bonds. The number of carbonyl (C=O) groups excluding carboxylic acids is 1. The van der Waals surface area contributed by atoms with E-state index in [9.17, 15) is 4.79 Å². The van der Waals surface area contributed by atoms with Crippen LogP contribution in [0.5, 0.6) is 11.5 Å². The van der Waals surface area contributed by atoms with Gasteiger partial charge in [-0.3, -0.25) is 10.1 Å². The van der Waals surface area contributed by atoms with Crippen molar-refractivity contribution in [3.8, 4) is 11.5 Å². The number of hydrogen-bond acceptors (Lipinski definition) is 4. The molecule has 0 bridgehead atoms. The molecule has 0 saturated carbocycles. The first-order chi connectivity index (χ1) is 15.0. The van der Waals surface area contributed by atoms with Gasteiger partial charge in [-0.05, 0) is 71.3 Å². The molecule has 0 spiro atoms. The molecule has 5 nitrogen and oxygen atoms in total. The Hall–Kier alpha value is -2.12. The molecular formula is C24H31BrN2O3S. The average molecular weight is 507 g/mol. The first kappa shape index (κ1) is 25.1. The fourth-order valence-electron chi connectivity index (χ4n) is 2.81. The van der Waals surface area contributed by atoms with Gasteiger partial charge in [-0.15, -0.1) is 0 Å². The monoisotopic (exact) mass is 506 g/mol. The summed E-state index contributed by atoms with van der Waals surface area (Å²) in [5.74, 6) is 1.21. The van der Waals surface area contributed by atoms with Crippen LogP contribution in [0.25, 0.3) is 0 Å². The number of thiocarbonyl (C=S) groups is 1. The molecular weight excluding hydrogens is 476 g/mol. The maximum Gasteiger partial charge on any atom is 0.257 e. The predicted octanol–water partition coefficient (Wildman–Crippen LogP) is 6.71. The molecule has 0 unspecified atom stereocenters. The van der Waals surface area contributed by atoms with E-state index in [1.165, 1.54) is 19.3 Å². The lowest BCUT2D eigenvalue weighted by atomic mass is 10.2. The number of rotatable bonds is 12. The van der Waals surface area contributed by atoms with E-state index in [4.69, 9.17) is 21.7 Å². The van der Waals surface area contributed by atoms with E-state index in [1.54, 1.807) is 18.2 Å². The van der Waals surface area contributed by atoms with Gasteiger partial charge in [0.05, 0.1) is 17.7 Å². The fourth-order valence-corrected chi connectivity index (χ4v) is 3.51. The van der Waals surface area contributed by atoms with Crippen molar-refractivity contribution in [2.24, 2.45) is 0 Å². The third-order valence-corrected chi connectivity index (χ3v) is 5.36. The molecule has 0 aromatic heterocycles. The van der Waals surface area contributed by atoms with Crippen LogP contribution in [-0.4, -0.2) is 24.2 Å². The average Bonchev–Trinajstić information content (AvgIpc) is 2.75. The molecule has 0 saturated heterocycles. The predicted molar refractivity (Wildman–Crippen MR) is 134 cm³/mol. The Morgan fingerprint density at radius 1 is 0.968 bits per heavy atom. The molecule has 2 rings (SSSR count). The SMILES string of the molecule is CCCCCCOc1cccc(NC(=S)NC(=O)c2ccc(OCCCC)c(Br)c2)c1. The molecule has 0 fully saturated rings. The highest BCUT2D eigenvalue weighted by Gasteiger charge is 2.11. The molecule has 0 atom stereocenters. The summed E-state index contributed by atoms with van der Waals surface area (Å²) in [5.41, 5.74) is 1.25. The highest BCUT2D eigenvalue weighted by Crippen LogP contribution is 2.26. The molecule has 0 aliphatic carbocycles. The maximum absolute atomic E-state index is 12.5. The summed E-state index contributed by atoms with van der Waals surface area (Å²) in [7, 11) is 0. The van der Waals surface area contributed by atoms with Gasteiger partial charge in [-0.25, -0.2) is 0 Å². The zero-order valence-corrected chi connectivity index (χ0v) is 20.6. The van der Waals surface area contributed by atoms with Gasteiger partial charge in [-0.1, -0.05) is 45.6 Å². The van der Waals surface area contributed by atoms with Crippen molar-refractivity contribution < 1.29 is 14.3 Å². The minimum atomic E-state index is -0.290. The number of halogens is 1. The van der Waals surface area contributed by atoms with E-state index in [1.807, 2.05) is 24.3 Å². The summed E-state index contributed by atoms with van der Waals surface area (Å²) in [4.78, 5) is 12.5. The Balaban J connectivity index is 1.86. The minimum Gasteiger partial charge on any atom is -0.494 e. The fraction of sp³-hybridized carbons (Fsp3) is 0.417. The van der Waals surface area contributed by atoms with Gasteiger partial charge in [0.15, 0.2) is 5.11 Å². The quantitative estimate of drug-likeness (QED) is 0.247. The van der Waals surface area contributed by atoms with Crippen LogP contribution in [0.3, 0.4) is 0 Å². The van der Waals surface area contributed by atoms with Crippen LogP contribution in [-0.2, 0) is 0 Å². The molecule has 168 valence electrons. The molecule has 0 aliphatic heterocycles. The number of amides is 1. The highest BCUT2D eigenvalue weighted by molar-refractivity contribution is 9.10.